The number of rotatable bonds is 5. The van der Waals surface area contributed by atoms with Crippen molar-refractivity contribution in [2.24, 2.45) is 5.92 Å². The molecule has 0 unspecified atom stereocenters. The second-order valence-corrected chi connectivity index (χ2v) is 10.4. The summed E-state index contributed by atoms with van der Waals surface area (Å²) in [7, 11) is 0. The number of imidazole rings is 1. The van der Waals surface area contributed by atoms with Gasteiger partial charge in [-0.05, 0) is 62.6 Å². The Hall–Kier alpha value is -3.98. The third-order valence-corrected chi connectivity index (χ3v) is 7.51. The van der Waals surface area contributed by atoms with Gasteiger partial charge < -0.3 is 20.6 Å². The van der Waals surface area contributed by atoms with Gasteiger partial charge in [0, 0.05) is 61.0 Å². The van der Waals surface area contributed by atoms with Crippen molar-refractivity contribution in [1.29, 1.82) is 0 Å². The van der Waals surface area contributed by atoms with Crippen LogP contribution in [0.3, 0.4) is 0 Å². The van der Waals surface area contributed by atoms with Crippen LogP contribution in [0.15, 0.2) is 55.0 Å². The van der Waals surface area contributed by atoms with Gasteiger partial charge in [-0.1, -0.05) is 0 Å². The molecule has 0 radical (unpaired) electrons. The summed E-state index contributed by atoms with van der Waals surface area (Å²) in [5, 5.41) is 16.7. The molecule has 1 saturated heterocycles. The number of hydrogen-bond donors (Lipinski definition) is 3. The average molecular weight is 501 g/mol. The SMILES string of the molecule is CC(C)(O)[C@H]1CCCN(c2ccc(Nc3ncc(-c4cnc5cc(F)ccn45)c4c3C(=O)NC4)cc2)C1. The van der Waals surface area contributed by atoms with Gasteiger partial charge in [-0.15, -0.1) is 0 Å². The van der Waals surface area contributed by atoms with E-state index < -0.39 is 5.60 Å². The summed E-state index contributed by atoms with van der Waals surface area (Å²) in [6.07, 6.45) is 7.11. The Morgan fingerprint density at radius 3 is 2.76 bits per heavy atom. The van der Waals surface area contributed by atoms with E-state index in [1.807, 2.05) is 26.0 Å². The molecule has 3 N–H and O–H groups in total. The first-order valence-electron chi connectivity index (χ1n) is 12.6. The molecule has 2 aliphatic rings. The number of benzene rings is 1. The normalized spacial score (nSPS) is 17.7. The van der Waals surface area contributed by atoms with Gasteiger partial charge in [0.1, 0.15) is 17.3 Å². The van der Waals surface area contributed by atoms with Gasteiger partial charge in [-0.3, -0.25) is 9.20 Å². The molecule has 8 nitrogen and oxygen atoms in total. The second kappa shape index (κ2) is 8.85. The maximum absolute atomic E-state index is 13.6. The first kappa shape index (κ1) is 23.4. The zero-order valence-corrected chi connectivity index (χ0v) is 20.8. The number of hydrogen-bond acceptors (Lipinski definition) is 6. The minimum Gasteiger partial charge on any atom is -0.390 e. The van der Waals surface area contributed by atoms with Crippen molar-refractivity contribution in [3.05, 3.63) is 71.9 Å². The molecule has 190 valence electrons. The number of anilines is 3. The highest BCUT2D eigenvalue weighted by molar-refractivity contribution is 6.05. The van der Waals surface area contributed by atoms with Crippen molar-refractivity contribution >= 4 is 28.7 Å². The molecule has 37 heavy (non-hydrogen) atoms. The van der Waals surface area contributed by atoms with E-state index in [2.05, 4.69) is 37.6 Å². The topological polar surface area (TPSA) is 94.8 Å². The van der Waals surface area contributed by atoms with Gasteiger partial charge in [0.25, 0.3) is 5.91 Å². The minimum atomic E-state index is -0.696. The van der Waals surface area contributed by atoms with Crippen molar-refractivity contribution in [1.82, 2.24) is 19.7 Å². The van der Waals surface area contributed by atoms with Crippen LogP contribution in [0, 0.1) is 11.7 Å². The number of nitrogens with one attached hydrogen (secondary N) is 2. The molecule has 5 heterocycles. The van der Waals surface area contributed by atoms with Gasteiger partial charge in [0.05, 0.1) is 23.1 Å². The smallest absolute Gasteiger partial charge is 0.255 e. The highest BCUT2D eigenvalue weighted by atomic mass is 19.1. The van der Waals surface area contributed by atoms with Crippen molar-refractivity contribution in [3.8, 4) is 11.3 Å². The molecular formula is C28H29FN6O2. The first-order chi connectivity index (χ1) is 17.8. The summed E-state index contributed by atoms with van der Waals surface area (Å²) in [6.45, 7) is 5.94. The Bertz CT molecular complexity index is 1490. The van der Waals surface area contributed by atoms with Crippen LogP contribution in [-0.2, 0) is 6.54 Å². The Morgan fingerprint density at radius 2 is 1.97 bits per heavy atom. The lowest BCUT2D eigenvalue weighted by Crippen LogP contribution is -2.44. The molecule has 0 bridgehead atoms. The number of nitrogens with zero attached hydrogens (tertiary/aromatic N) is 4. The Balaban J connectivity index is 1.27. The van der Waals surface area contributed by atoms with Gasteiger partial charge in [-0.2, -0.15) is 0 Å². The molecule has 6 rings (SSSR count). The van der Waals surface area contributed by atoms with Crippen LogP contribution < -0.4 is 15.5 Å². The Labute approximate surface area is 214 Å². The summed E-state index contributed by atoms with van der Waals surface area (Å²) in [5.41, 5.74) is 4.59. The fourth-order valence-corrected chi connectivity index (χ4v) is 5.39. The number of halogens is 1. The number of pyridine rings is 2. The summed E-state index contributed by atoms with van der Waals surface area (Å²) in [6, 6.07) is 10.8. The minimum absolute atomic E-state index is 0.186. The molecule has 0 saturated carbocycles. The maximum Gasteiger partial charge on any atom is 0.255 e. The molecule has 1 fully saturated rings. The van der Waals surface area contributed by atoms with E-state index in [9.17, 15) is 14.3 Å². The fraction of sp³-hybridized carbons (Fsp3) is 0.321. The van der Waals surface area contributed by atoms with Crippen molar-refractivity contribution in [2.45, 2.75) is 38.8 Å². The largest absolute Gasteiger partial charge is 0.390 e. The quantitative estimate of drug-likeness (QED) is 0.373. The van der Waals surface area contributed by atoms with Crippen LogP contribution in [0.1, 0.15) is 42.6 Å². The molecule has 4 aromatic rings. The highest BCUT2D eigenvalue weighted by Gasteiger charge is 2.32. The van der Waals surface area contributed by atoms with Crippen LogP contribution in [0.4, 0.5) is 21.6 Å². The molecule has 0 aliphatic carbocycles. The van der Waals surface area contributed by atoms with Gasteiger partial charge in [0.2, 0.25) is 0 Å². The summed E-state index contributed by atoms with van der Waals surface area (Å²) in [4.78, 5) is 24.0. The van der Waals surface area contributed by atoms with Crippen LogP contribution in [-0.4, -0.2) is 44.1 Å². The van der Waals surface area contributed by atoms with Crippen molar-refractivity contribution in [3.63, 3.8) is 0 Å². The van der Waals surface area contributed by atoms with Crippen LogP contribution in [0.5, 0.6) is 0 Å². The van der Waals surface area contributed by atoms with Gasteiger partial charge in [-0.25, -0.2) is 14.4 Å². The number of amides is 1. The zero-order chi connectivity index (χ0) is 25.7. The number of piperidine rings is 1. The number of aromatic nitrogens is 3. The summed E-state index contributed by atoms with van der Waals surface area (Å²) < 4.78 is 15.4. The van der Waals surface area contributed by atoms with E-state index in [-0.39, 0.29) is 17.6 Å². The van der Waals surface area contributed by atoms with Crippen molar-refractivity contribution < 1.29 is 14.3 Å². The lowest BCUT2D eigenvalue weighted by Gasteiger charge is -2.39. The average Bonchev–Trinajstić information content (AvgIpc) is 3.48. The third-order valence-electron chi connectivity index (χ3n) is 7.51. The lowest BCUT2D eigenvalue weighted by atomic mass is 9.84. The van der Waals surface area contributed by atoms with E-state index in [4.69, 9.17) is 0 Å². The Kier molecular flexibility index (Phi) is 5.60. The fourth-order valence-electron chi connectivity index (χ4n) is 5.39. The summed E-state index contributed by atoms with van der Waals surface area (Å²) in [5.74, 6) is 0.179. The third kappa shape index (κ3) is 4.29. The van der Waals surface area contributed by atoms with Crippen molar-refractivity contribution in [2.75, 3.05) is 23.3 Å². The van der Waals surface area contributed by atoms with E-state index in [0.29, 0.717) is 23.6 Å². The van der Waals surface area contributed by atoms with Crippen LogP contribution in [0.2, 0.25) is 0 Å². The number of aliphatic hydroxyl groups is 1. The number of carbonyl (C=O) groups is 1. The molecule has 1 amide bonds. The summed E-state index contributed by atoms with van der Waals surface area (Å²) >= 11 is 0. The predicted octanol–water partition coefficient (Wildman–Crippen LogP) is 4.51. The van der Waals surface area contributed by atoms with Crippen LogP contribution in [0.25, 0.3) is 16.9 Å². The molecule has 2 aliphatic heterocycles. The predicted molar refractivity (Wildman–Crippen MR) is 141 cm³/mol. The highest BCUT2D eigenvalue weighted by Crippen LogP contribution is 2.35. The maximum atomic E-state index is 13.6. The second-order valence-electron chi connectivity index (χ2n) is 10.4. The van der Waals surface area contributed by atoms with Gasteiger partial charge >= 0.3 is 0 Å². The number of fused-ring (bicyclic) bond motifs is 2. The lowest BCUT2D eigenvalue weighted by molar-refractivity contribution is 0.0110. The molecule has 3 aromatic heterocycles. The number of carbonyl (C=O) groups excluding carboxylic acids is 1. The van der Waals surface area contributed by atoms with Gasteiger partial charge in [0.15, 0.2) is 0 Å². The molecule has 0 spiro atoms. The molecule has 9 heteroatoms. The standard InChI is InChI=1S/C28H29FN6O2/c1-28(2,37)17-4-3-10-34(16-17)20-7-5-19(6-8-20)33-26-25-22(14-32-27(25)36)21(13-31-26)23-15-30-24-12-18(29)9-11-35(23)24/h5-9,11-13,15,17,37H,3-4,10,14,16H2,1-2H3,(H,31,33)(H,32,36)/t17-/m0/s1. The van der Waals surface area contributed by atoms with E-state index in [1.54, 1.807) is 23.0 Å². The van der Waals surface area contributed by atoms with E-state index in [0.717, 1.165) is 54.1 Å². The van der Waals surface area contributed by atoms with E-state index >= 15 is 0 Å². The monoisotopic (exact) mass is 500 g/mol. The molecule has 1 aromatic carbocycles. The molecule has 1 atom stereocenters. The zero-order valence-electron chi connectivity index (χ0n) is 20.8. The molecular weight excluding hydrogens is 471 g/mol. The van der Waals surface area contributed by atoms with Crippen LogP contribution >= 0.6 is 0 Å². The van der Waals surface area contributed by atoms with E-state index in [1.165, 1.54) is 12.1 Å². The first-order valence-corrected chi connectivity index (χ1v) is 12.6. The Morgan fingerprint density at radius 1 is 1.16 bits per heavy atom.